The van der Waals surface area contributed by atoms with Gasteiger partial charge in [0.25, 0.3) is 0 Å². The van der Waals surface area contributed by atoms with Gasteiger partial charge in [-0.3, -0.25) is 9.69 Å². The lowest BCUT2D eigenvalue weighted by atomic mass is 10.2. The van der Waals surface area contributed by atoms with Gasteiger partial charge >= 0.3 is 5.97 Å². The van der Waals surface area contributed by atoms with Crippen LogP contribution in [-0.4, -0.2) is 36.1 Å². The Bertz CT molecular complexity index is 377. The molecular weight excluding hydrogens is 248 g/mol. The van der Waals surface area contributed by atoms with Gasteiger partial charge in [0.2, 0.25) is 0 Å². The van der Waals surface area contributed by atoms with Crippen LogP contribution in [0.1, 0.15) is 43.8 Å². The highest BCUT2D eigenvalue weighted by Gasteiger charge is 2.11. The van der Waals surface area contributed by atoms with Gasteiger partial charge in [0, 0.05) is 24.4 Å². The highest BCUT2D eigenvalue weighted by Crippen LogP contribution is 2.19. The van der Waals surface area contributed by atoms with Crippen LogP contribution in [0, 0.1) is 0 Å². The van der Waals surface area contributed by atoms with E-state index >= 15 is 0 Å². The van der Waals surface area contributed by atoms with Crippen LogP contribution in [0.2, 0.25) is 0 Å². The Kier molecular flexibility index (Phi) is 6.29. The van der Waals surface area contributed by atoms with Gasteiger partial charge < -0.3 is 4.74 Å². The van der Waals surface area contributed by atoms with Crippen molar-refractivity contribution in [2.24, 2.45) is 0 Å². The summed E-state index contributed by atoms with van der Waals surface area (Å²) >= 11 is 1.71. The number of hydrogen-bond donors (Lipinski definition) is 0. The van der Waals surface area contributed by atoms with E-state index in [0.29, 0.717) is 12.3 Å². The lowest BCUT2D eigenvalue weighted by Gasteiger charge is -2.18. The Morgan fingerprint density at radius 1 is 1.56 bits per heavy atom. The maximum Gasteiger partial charge on any atom is 0.306 e. The molecular formula is C13H22N2O2S. The normalized spacial score (nSPS) is 11.2. The summed E-state index contributed by atoms with van der Waals surface area (Å²) in [5.41, 5.74) is 1.09. The Labute approximate surface area is 113 Å². The third-order valence-electron chi connectivity index (χ3n) is 2.76. The van der Waals surface area contributed by atoms with E-state index in [2.05, 4.69) is 40.8 Å². The van der Waals surface area contributed by atoms with Crippen molar-refractivity contribution in [3.63, 3.8) is 0 Å². The number of methoxy groups -OCH3 is 1. The van der Waals surface area contributed by atoms with E-state index < -0.39 is 0 Å². The van der Waals surface area contributed by atoms with Gasteiger partial charge in [-0.2, -0.15) is 0 Å². The first-order chi connectivity index (χ1) is 8.56. The van der Waals surface area contributed by atoms with Crippen LogP contribution in [0.15, 0.2) is 5.38 Å². The number of carbonyl (C=O) groups excluding carboxylic acids is 1. The molecule has 0 saturated heterocycles. The zero-order valence-corrected chi connectivity index (χ0v) is 12.4. The summed E-state index contributed by atoms with van der Waals surface area (Å²) in [5.74, 6) is 0.323. The molecule has 0 amide bonds. The monoisotopic (exact) mass is 270 g/mol. The summed E-state index contributed by atoms with van der Waals surface area (Å²) in [4.78, 5) is 17.9. The fourth-order valence-electron chi connectivity index (χ4n) is 1.59. The van der Waals surface area contributed by atoms with Crippen molar-refractivity contribution in [1.29, 1.82) is 0 Å². The van der Waals surface area contributed by atoms with Gasteiger partial charge in [-0.1, -0.05) is 20.8 Å². The summed E-state index contributed by atoms with van der Waals surface area (Å²) in [6.07, 6.45) is 0.436. The molecule has 0 aliphatic carbocycles. The molecule has 4 nitrogen and oxygen atoms in total. The summed E-state index contributed by atoms with van der Waals surface area (Å²) < 4.78 is 4.65. The molecule has 0 fully saturated rings. The Hall–Kier alpha value is -0.940. The van der Waals surface area contributed by atoms with Crippen LogP contribution in [0.3, 0.4) is 0 Å². The van der Waals surface area contributed by atoms with Crippen LogP contribution in [-0.2, 0) is 16.1 Å². The molecule has 0 saturated carbocycles. The lowest BCUT2D eigenvalue weighted by molar-refractivity contribution is -0.141. The number of hydrogen-bond acceptors (Lipinski definition) is 5. The highest BCUT2D eigenvalue weighted by atomic mass is 32.1. The van der Waals surface area contributed by atoms with Crippen LogP contribution in [0.4, 0.5) is 0 Å². The van der Waals surface area contributed by atoms with Gasteiger partial charge in [0.15, 0.2) is 0 Å². The molecule has 0 aliphatic rings. The minimum absolute atomic E-state index is 0.158. The third-order valence-corrected chi connectivity index (χ3v) is 3.95. The molecule has 0 bridgehead atoms. The van der Waals surface area contributed by atoms with Crippen molar-refractivity contribution in [3.8, 4) is 0 Å². The second kappa shape index (κ2) is 7.48. The maximum atomic E-state index is 11.1. The molecule has 1 rings (SSSR count). The number of aromatic nitrogens is 1. The number of carbonyl (C=O) groups is 1. The first-order valence-electron chi connectivity index (χ1n) is 6.30. The van der Waals surface area contributed by atoms with E-state index in [4.69, 9.17) is 0 Å². The topological polar surface area (TPSA) is 42.4 Å². The molecule has 1 heterocycles. The number of nitrogens with zero attached hydrogens (tertiary/aromatic N) is 2. The average Bonchev–Trinajstić information content (AvgIpc) is 2.82. The predicted molar refractivity (Wildman–Crippen MR) is 73.8 cm³/mol. The second-order valence-electron chi connectivity index (χ2n) is 4.53. The highest BCUT2D eigenvalue weighted by molar-refractivity contribution is 7.09. The number of thiazole rings is 1. The van der Waals surface area contributed by atoms with Gasteiger partial charge in [-0.15, -0.1) is 11.3 Å². The molecule has 0 N–H and O–H groups in total. The largest absolute Gasteiger partial charge is 0.469 e. The Balaban J connectivity index is 2.48. The van der Waals surface area contributed by atoms with Crippen molar-refractivity contribution >= 4 is 17.3 Å². The number of rotatable bonds is 7. The van der Waals surface area contributed by atoms with Gasteiger partial charge in [-0.25, -0.2) is 4.98 Å². The maximum absolute atomic E-state index is 11.1. The molecule has 0 unspecified atom stereocenters. The van der Waals surface area contributed by atoms with Crippen molar-refractivity contribution in [2.45, 2.75) is 39.7 Å². The first kappa shape index (κ1) is 15.1. The summed E-state index contributed by atoms with van der Waals surface area (Å²) in [6.45, 7) is 8.82. The van der Waals surface area contributed by atoms with E-state index in [1.807, 2.05) is 0 Å². The second-order valence-corrected chi connectivity index (χ2v) is 5.42. The standard InChI is InChI=1S/C13H22N2O2S/c1-5-15(7-6-12(16)17-4)8-11-9-18-13(14-11)10(2)3/h9-10H,5-8H2,1-4H3. The molecule has 0 atom stereocenters. The molecule has 0 aromatic carbocycles. The van der Waals surface area contributed by atoms with Crippen LogP contribution < -0.4 is 0 Å². The average molecular weight is 270 g/mol. The van der Waals surface area contributed by atoms with Crippen LogP contribution >= 0.6 is 11.3 Å². The van der Waals surface area contributed by atoms with Gasteiger partial charge in [-0.05, 0) is 6.54 Å². The van der Waals surface area contributed by atoms with Gasteiger partial charge in [0.05, 0.1) is 24.2 Å². The van der Waals surface area contributed by atoms with Crippen molar-refractivity contribution in [1.82, 2.24) is 9.88 Å². The fourth-order valence-corrected chi connectivity index (χ4v) is 2.42. The van der Waals surface area contributed by atoms with Gasteiger partial charge in [0.1, 0.15) is 0 Å². The molecule has 18 heavy (non-hydrogen) atoms. The predicted octanol–water partition coefficient (Wildman–Crippen LogP) is 2.65. The Morgan fingerprint density at radius 2 is 2.28 bits per heavy atom. The third kappa shape index (κ3) is 4.74. The fraction of sp³-hybridized carbons (Fsp3) is 0.692. The van der Waals surface area contributed by atoms with Crippen molar-refractivity contribution < 1.29 is 9.53 Å². The van der Waals surface area contributed by atoms with E-state index in [-0.39, 0.29) is 5.97 Å². The smallest absolute Gasteiger partial charge is 0.306 e. The van der Waals surface area contributed by atoms with E-state index in [1.54, 1.807) is 11.3 Å². The number of esters is 1. The quantitative estimate of drug-likeness (QED) is 0.714. The molecule has 102 valence electrons. The summed E-state index contributed by atoms with van der Waals surface area (Å²) in [7, 11) is 1.42. The molecule has 1 aromatic heterocycles. The zero-order valence-electron chi connectivity index (χ0n) is 11.6. The van der Waals surface area contributed by atoms with Crippen LogP contribution in [0.5, 0.6) is 0 Å². The molecule has 0 aliphatic heterocycles. The summed E-state index contributed by atoms with van der Waals surface area (Å²) in [6, 6.07) is 0. The molecule has 0 radical (unpaired) electrons. The van der Waals surface area contributed by atoms with Crippen molar-refractivity contribution in [3.05, 3.63) is 16.1 Å². The lowest BCUT2D eigenvalue weighted by Crippen LogP contribution is -2.26. The molecule has 1 aromatic rings. The van der Waals surface area contributed by atoms with Crippen molar-refractivity contribution in [2.75, 3.05) is 20.2 Å². The zero-order chi connectivity index (χ0) is 13.5. The number of ether oxygens (including phenoxy) is 1. The Morgan fingerprint density at radius 3 is 2.78 bits per heavy atom. The molecule has 5 heteroatoms. The van der Waals surface area contributed by atoms with E-state index in [1.165, 1.54) is 12.1 Å². The molecule has 0 spiro atoms. The van der Waals surface area contributed by atoms with E-state index in [0.717, 1.165) is 25.3 Å². The minimum Gasteiger partial charge on any atom is -0.469 e. The minimum atomic E-state index is -0.158. The first-order valence-corrected chi connectivity index (χ1v) is 7.18. The SMILES string of the molecule is CCN(CCC(=O)OC)Cc1csc(C(C)C)n1. The van der Waals surface area contributed by atoms with Crippen LogP contribution in [0.25, 0.3) is 0 Å². The van der Waals surface area contributed by atoms with E-state index in [9.17, 15) is 4.79 Å². The summed E-state index contributed by atoms with van der Waals surface area (Å²) in [5, 5.41) is 3.28.